The lowest BCUT2D eigenvalue weighted by Crippen LogP contribution is -2.39. The Balaban J connectivity index is 1.92. The van der Waals surface area contributed by atoms with E-state index >= 15 is 0 Å². The van der Waals surface area contributed by atoms with E-state index in [1.54, 1.807) is 19.1 Å². The predicted molar refractivity (Wildman–Crippen MR) is 94.5 cm³/mol. The lowest BCUT2D eigenvalue weighted by Gasteiger charge is -2.18. The summed E-state index contributed by atoms with van der Waals surface area (Å²) < 4.78 is 2.09. The van der Waals surface area contributed by atoms with E-state index < -0.39 is 5.25 Å². The van der Waals surface area contributed by atoms with Gasteiger partial charge in [-0.05, 0) is 18.4 Å². The Hall–Kier alpha value is -2.13. The van der Waals surface area contributed by atoms with Crippen molar-refractivity contribution in [1.82, 2.24) is 19.8 Å². The third-order valence-corrected chi connectivity index (χ3v) is 5.56. The Morgan fingerprint density at radius 1 is 1.58 bits per heavy atom. The number of thioether (sulfide) groups is 1. The highest BCUT2D eigenvalue weighted by Gasteiger charge is 2.31. The van der Waals surface area contributed by atoms with Gasteiger partial charge in [-0.25, -0.2) is 9.78 Å². The Morgan fingerprint density at radius 3 is 3.04 bits per heavy atom. The number of urea groups is 1. The summed E-state index contributed by atoms with van der Waals surface area (Å²) in [7, 11) is 0. The minimum absolute atomic E-state index is 0.143. The van der Waals surface area contributed by atoms with Crippen molar-refractivity contribution < 1.29 is 9.59 Å². The van der Waals surface area contributed by atoms with Crippen LogP contribution in [0.3, 0.4) is 0 Å². The van der Waals surface area contributed by atoms with E-state index in [1.807, 2.05) is 5.38 Å². The van der Waals surface area contributed by atoms with Gasteiger partial charge in [-0.15, -0.1) is 17.9 Å². The second-order valence-electron chi connectivity index (χ2n) is 5.22. The average Bonchev–Trinajstić information content (AvgIpc) is 3.19. The van der Waals surface area contributed by atoms with E-state index in [4.69, 9.17) is 0 Å². The van der Waals surface area contributed by atoms with E-state index in [1.165, 1.54) is 32.6 Å². The molecule has 7 nitrogen and oxygen atoms in total. The molecule has 0 aromatic carbocycles. The number of nitrogens with one attached hydrogen (secondary N) is 1. The predicted octanol–water partition coefficient (Wildman–Crippen LogP) is 1.68. The molecular formula is C15H16N4O3S2. The molecule has 0 radical (unpaired) electrons. The third-order valence-electron chi connectivity index (χ3n) is 3.60. The molecule has 1 aliphatic rings. The van der Waals surface area contributed by atoms with Crippen molar-refractivity contribution >= 4 is 45.3 Å². The van der Waals surface area contributed by atoms with Gasteiger partial charge in [0.25, 0.3) is 5.56 Å². The molecule has 9 heteroatoms. The van der Waals surface area contributed by atoms with Crippen molar-refractivity contribution in [3.63, 3.8) is 0 Å². The Kier molecular flexibility index (Phi) is 4.72. The van der Waals surface area contributed by atoms with Crippen molar-refractivity contribution in [2.24, 2.45) is 0 Å². The first-order chi connectivity index (χ1) is 11.5. The minimum atomic E-state index is -0.534. The van der Waals surface area contributed by atoms with Crippen molar-refractivity contribution in [2.75, 3.05) is 13.1 Å². The molecule has 1 unspecified atom stereocenters. The van der Waals surface area contributed by atoms with Crippen LogP contribution < -0.4 is 10.9 Å². The van der Waals surface area contributed by atoms with E-state index in [0.717, 1.165) is 0 Å². The summed E-state index contributed by atoms with van der Waals surface area (Å²) >= 11 is 2.52. The molecule has 1 saturated heterocycles. The van der Waals surface area contributed by atoms with Crippen LogP contribution in [-0.2, 0) is 11.3 Å². The Morgan fingerprint density at radius 2 is 2.38 bits per heavy atom. The number of hydrogen-bond acceptors (Lipinski definition) is 6. The summed E-state index contributed by atoms with van der Waals surface area (Å²) in [6.45, 7) is 6.51. The molecule has 1 fully saturated rings. The number of aromatic nitrogens is 2. The summed E-state index contributed by atoms with van der Waals surface area (Å²) in [5.74, 6) is -0.292. The van der Waals surface area contributed by atoms with Crippen LogP contribution in [0.25, 0.3) is 10.2 Å². The topological polar surface area (TPSA) is 84.3 Å². The van der Waals surface area contributed by atoms with Crippen LogP contribution in [0.4, 0.5) is 4.79 Å². The summed E-state index contributed by atoms with van der Waals surface area (Å²) in [5.41, 5.74) is 0.474. The SMILES string of the molecule is C=CCn1c(SC(C)C(=O)N2CCNC2=O)nc2ccsc2c1=O. The van der Waals surface area contributed by atoms with Gasteiger partial charge in [0.05, 0.1) is 10.8 Å². The van der Waals surface area contributed by atoms with Crippen LogP contribution in [0.2, 0.25) is 0 Å². The van der Waals surface area contributed by atoms with Crippen LogP contribution >= 0.6 is 23.1 Å². The molecule has 3 amide bonds. The number of thiophene rings is 1. The summed E-state index contributed by atoms with van der Waals surface area (Å²) in [5, 5.41) is 4.34. The van der Waals surface area contributed by atoms with Gasteiger partial charge in [0, 0.05) is 19.6 Å². The molecular weight excluding hydrogens is 348 g/mol. The maximum absolute atomic E-state index is 12.6. The molecule has 0 aliphatic carbocycles. The largest absolute Gasteiger partial charge is 0.336 e. The number of fused-ring (bicyclic) bond motifs is 1. The van der Waals surface area contributed by atoms with Crippen LogP contribution in [0.5, 0.6) is 0 Å². The fourth-order valence-corrected chi connectivity index (χ4v) is 4.17. The Bertz CT molecular complexity index is 873. The zero-order valence-corrected chi connectivity index (χ0v) is 14.7. The standard InChI is InChI=1S/C15H16N4O3S2/c1-3-6-19-13(21)11-10(4-8-23-11)17-15(19)24-9(2)12(20)18-7-5-16-14(18)22/h3-4,8-9H,1,5-7H2,2H3,(H,16,22). The second kappa shape index (κ2) is 6.78. The number of carbonyl (C=O) groups excluding carboxylic acids is 2. The van der Waals surface area contributed by atoms with E-state index in [-0.39, 0.29) is 17.5 Å². The monoisotopic (exact) mass is 364 g/mol. The fourth-order valence-electron chi connectivity index (χ4n) is 2.41. The van der Waals surface area contributed by atoms with Crippen molar-refractivity contribution in [3.05, 3.63) is 34.5 Å². The molecule has 3 heterocycles. The van der Waals surface area contributed by atoms with Gasteiger partial charge < -0.3 is 5.32 Å². The van der Waals surface area contributed by atoms with Gasteiger partial charge in [-0.1, -0.05) is 17.8 Å². The van der Waals surface area contributed by atoms with Crippen LogP contribution in [0.1, 0.15) is 6.92 Å². The maximum atomic E-state index is 12.6. The first-order valence-corrected chi connectivity index (χ1v) is 9.13. The first kappa shape index (κ1) is 16.7. The molecule has 2 aromatic rings. The van der Waals surface area contributed by atoms with Gasteiger partial charge >= 0.3 is 6.03 Å². The number of rotatable bonds is 5. The normalized spacial score (nSPS) is 15.5. The van der Waals surface area contributed by atoms with Gasteiger partial charge in [0.2, 0.25) is 5.91 Å². The number of imide groups is 1. The highest BCUT2D eigenvalue weighted by molar-refractivity contribution is 8.00. The molecule has 24 heavy (non-hydrogen) atoms. The molecule has 0 spiro atoms. The first-order valence-electron chi connectivity index (χ1n) is 7.37. The van der Waals surface area contributed by atoms with Gasteiger partial charge in [0.15, 0.2) is 5.16 Å². The molecule has 1 N–H and O–H groups in total. The third kappa shape index (κ3) is 2.96. The molecule has 1 aliphatic heterocycles. The van der Waals surface area contributed by atoms with E-state index in [2.05, 4.69) is 16.9 Å². The Labute approximate surface area is 146 Å². The zero-order chi connectivity index (χ0) is 17.3. The highest BCUT2D eigenvalue weighted by atomic mass is 32.2. The van der Waals surface area contributed by atoms with Gasteiger partial charge in [-0.2, -0.15) is 0 Å². The second-order valence-corrected chi connectivity index (χ2v) is 7.44. The summed E-state index contributed by atoms with van der Waals surface area (Å²) in [6.07, 6.45) is 1.62. The number of allylic oxidation sites excluding steroid dienone is 1. The van der Waals surface area contributed by atoms with Gasteiger partial charge in [0.1, 0.15) is 4.70 Å². The van der Waals surface area contributed by atoms with Gasteiger partial charge in [-0.3, -0.25) is 19.1 Å². The lowest BCUT2D eigenvalue weighted by molar-refractivity contribution is -0.126. The van der Waals surface area contributed by atoms with Crippen LogP contribution in [0, 0.1) is 0 Å². The molecule has 0 saturated carbocycles. The number of amides is 3. The van der Waals surface area contributed by atoms with Crippen molar-refractivity contribution in [3.8, 4) is 0 Å². The molecule has 0 bridgehead atoms. The van der Waals surface area contributed by atoms with Crippen molar-refractivity contribution in [2.45, 2.75) is 23.9 Å². The molecule has 3 rings (SSSR count). The van der Waals surface area contributed by atoms with E-state index in [0.29, 0.717) is 35.0 Å². The highest BCUT2D eigenvalue weighted by Crippen LogP contribution is 2.25. The number of hydrogen-bond donors (Lipinski definition) is 1. The van der Waals surface area contributed by atoms with Crippen LogP contribution in [-0.4, -0.2) is 44.7 Å². The van der Waals surface area contributed by atoms with Crippen LogP contribution in [0.15, 0.2) is 34.1 Å². The van der Waals surface area contributed by atoms with E-state index in [9.17, 15) is 14.4 Å². The quantitative estimate of drug-likeness (QED) is 0.496. The zero-order valence-electron chi connectivity index (χ0n) is 13.0. The molecule has 126 valence electrons. The summed E-state index contributed by atoms with van der Waals surface area (Å²) in [4.78, 5) is 42.3. The molecule has 2 aromatic heterocycles. The minimum Gasteiger partial charge on any atom is -0.336 e. The smallest absolute Gasteiger partial charge is 0.324 e. The summed E-state index contributed by atoms with van der Waals surface area (Å²) in [6, 6.07) is 1.40. The maximum Gasteiger partial charge on any atom is 0.324 e. The fraction of sp³-hybridized carbons (Fsp3) is 0.333. The van der Waals surface area contributed by atoms with Crippen molar-refractivity contribution in [1.29, 1.82) is 0 Å². The lowest BCUT2D eigenvalue weighted by atomic mass is 10.4. The molecule has 1 atom stereocenters. The number of nitrogens with zero attached hydrogens (tertiary/aromatic N) is 3. The number of carbonyl (C=O) groups is 2. The average molecular weight is 364 g/mol.